The molecular formula is C15H13N3O8. The Labute approximate surface area is 146 Å². The molecule has 0 unspecified atom stereocenters. The zero-order valence-corrected chi connectivity index (χ0v) is 13.4. The number of carbonyl (C=O) groups is 2. The first-order valence-electron chi connectivity index (χ1n) is 7.52. The summed E-state index contributed by atoms with van der Waals surface area (Å²) in [6, 6.07) is 1.50. The van der Waals surface area contributed by atoms with E-state index in [0.29, 0.717) is 6.42 Å². The number of nitro groups is 2. The fraction of sp³-hybridized carbons (Fsp3) is 0.333. The highest BCUT2D eigenvalue weighted by molar-refractivity contribution is 5.97. The molecule has 1 fully saturated rings. The molecule has 11 heteroatoms. The van der Waals surface area contributed by atoms with E-state index in [2.05, 4.69) is 0 Å². The monoisotopic (exact) mass is 363 g/mol. The zero-order valence-electron chi connectivity index (χ0n) is 13.4. The van der Waals surface area contributed by atoms with Crippen molar-refractivity contribution in [2.75, 3.05) is 7.11 Å². The number of ether oxygens (including phenoxy) is 1. The summed E-state index contributed by atoms with van der Waals surface area (Å²) in [6.45, 7) is 0. The Morgan fingerprint density at radius 3 is 2.35 bits per heavy atom. The van der Waals surface area contributed by atoms with Crippen LogP contribution in [-0.4, -0.2) is 46.0 Å². The molecule has 136 valence electrons. The first kappa shape index (κ1) is 17.5. The lowest BCUT2D eigenvalue weighted by molar-refractivity contribution is -0.394. The summed E-state index contributed by atoms with van der Waals surface area (Å²) in [5, 5.41) is 22.8. The number of nitrogens with zero attached hydrogens (tertiary/aromatic N) is 3. The molecule has 1 aromatic rings. The van der Waals surface area contributed by atoms with E-state index >= 15 is 0 Å². The summed E-state index contributed by atoms with van der Waals surface area (Å²) in [5.41, 5.74) is -1.56. The van der Waals surface area contributed by atoms with Gasteiger partial charge in [-0.1, -0.05) is 12.2 Å². The maximum Gasteiger partial charge on any atom is 0.331 e. The van der Waals surface area contributed by atoms with E-state index in [1.165, 1.54) is 7.11 Å². The minimum absolute atomic E-state index is 0.330. The third-order valence-electron chi connectivity index (χ3n) is 4.26. The van der Waals surface area contributed by atoms with Crippen LogP contribution in [0, 0.1) is 26.1 Å². The fourth-order valence-electron chi connectivity index (χ4n) is 3.06. The Morgan fingerprint density at radius 1 is 1.19 bits per heavy atom. The summed E-state index contributed by atoms with van der Waals surface area (Å²) in [6.07, 6.45) is 3.48. The number of benzene rings is 1. The van der Waals surface area contributed by atoms with Gasteiger partial charge in [-0.25, -0.2) is 9.86 Å². The molecule has 1 aliphatic heterocycles. The Hall–Kier alpha value is -3.34. The van der Waals surface area contributed by atoms with Gasteiger partial charge in [-0.3, -0.25) is 29.9 Å². The first-order chi connectivity index (χ1) is 12.3. The van der Waals surface area contributed by atoms with Gasteiger partial charge < -0.3 is 4.74 Å². The van der Waals surface area contributed by atoms with Crippen molar-refractivity contribution < 1.29 is 29.0 Å². The van der Waals surface area contributed by atoms with E-state index < -0.39 is 45.2 Å². The van der Waals surface area contributed by atoms with Crippen LogP contribution in [0.3, 0.4) is 0 Å². The summed E-state index contributed by atoms with van der Waals surface area (Å²) in [4.78, 5) is 50.7. The molecule has 2 aliphatic rings. The molecule has 26 heavy (non-hydrogen) atoms. The minimum Gasteiger partial charge on any atom is -0.467 e. The molecule has 1 amide bonds. The number of hydroxylamine groups is 2. The molecule has 1 aliphatic carbocycles. The third-order valence-corrected chi connectivity index (χ3v) is 4.26. The molecule has 1 heterocycles. The number of fused-ring (bicyclic) bond motifs is 1. The predicted octanol–water partition coefficient (Wildman–Crippen LogP) is 1.38. The smallest absolute Gasteiger partial charge is 0.331 e. The SMILES string of the molecule is COC(=O)[C@@H]1[C@@H]2CC=C[C@@H]2ON1C(=O)c1cc([N+](=O)[O-])cc([N+](=O)[O-])c1. The Bertz CT molecular complexity index is 804. The lowest BCUT2D eigenvalue weighted by atomic mass is 9.96. The quantitative estimate of drug-likeness (QED) is 0.338. The number of nitro benzene ring substituents is 2. The fourth-order valence-corrected chi connectivity index (χ4v) is 3.06. The number of allylic oxidation sites excluding steroid dienone is 1. The van der Waals surface area contributed by atoms with Crippen molar-refractivity contribution in [3.05, 3.63) is 56.1 Å². The average Bonchev–Trinajstić information content (AvgIpc) is 3.20. The Morgan fingerprint density at radius 2 is 1.81 bits per heavy atom. The number of hydrogen-bond donors (Lipinski definition) is 0. The molecule has 3 rings (SSSR count). The number of amides is 1. The van der Waals surface area contributed by atoms with Crippen LogP contribution >= 0.6 is 0 Å². The molecule has 0 N–H and O–H groups in total. The van der Waals surface area contributed by atoms with E-state index in [9.17, 15) is 29.8 Å². The molecule has 0 radical (unpaired) electrons. The molecule has 0 aromatic heterocycles. The van der Waals surface area contributed by atoms with E-state index in [-0.39, 0.29) is 11.5 Å². The lowest BCUT2D eigenvalue weighted by Gasteiger charge is -2.22. The third kappa shape index (κ3) is 2.88. The van der Waals surface area contributed by atoms with E-state index in [1.54, 1.807) is 6.08 Å². The van der Waals surface area contributed by atoms with Gasteiger partial charge in [0, 0.05) is 18.1 Å². The number of carbonyl (C=O) groups excluding carboxylic acids is 2. The van der Waals surface area contributed by atoms with Gasteiger partial charge in [-0.2, -0.15) is 0 Å². The highest BCUT2D eigenvalue weighted by Gasteiger charge is 2.50. The van der Waals surface area contributed by atoms with Gasteiger partial charge in [0.05, 0.1) is 28.6 Å². The van der Waals surface area contributed by atoms with Crippen LogP contribution in [0.5, 0.6) is 0 Å². The number of non-ortho nitro benzene ring substituents is 2. The first-order valence-corrected chi connectivity index (χ1v) is 7.52. The minimum atomic E-state index is -1.05. The van der Waals surface area contributed by atoms with Crippen molar-refractivity contribution in [2.45, 2.75) is 18.6 Å². The average molecular weight is 363 g/mol. The van der Waals surface area contributed by atoms with Crippen LogP contribution in [-0.2, 0) is 14.4 Å². The largest absolute Gasteiger partial charge is 0.467 e. The topological polar surface area (TPSA) is 142 Å². The van der Waals surface area contributed by atoms with Gasteiger partial charge in [0.2, 0.25) is 0 Å². The van der Waals surface area contributed by atoms with Crippen LogP contribution in [0.2, 0.25) is 0 Å². The maximum atomic E-state index is 12.8. The van der Waals surface area contributed by atoms with E-state index in [0.717, 1.165) is 23.3 Å². The van der Waals surface area contributed by atoms with Gasteiger partial charge in [0.25, 0.3) is 17.3 Å². The van der Waals surface area contributed by atoms with Gasteiger partial charge in [-0.15, -0.1) is 0 Å². The molecular weight excluding hydrogens is 350 g/mol. The maximum absolute atomic E-state index is 12.8. The molecule has 11 nitrogen and oxygen atoms in total. The van der Waals surface area contributed by atoms with Crippen molar-refractivity contribution in [1.82, 2.24) is 5.06 Å². The molecule has 3 atom stereocenters. The summed E-state index contributed by atoms with van der Waals surface area (Å²) in [7, 11) is 1.17. The molecule has 1 aromatic carbocycles. The Balaban J connectivity index is 2.00. The van der Waals surface area contributed by atoms with Crippen LogP contribution in [0.15, 0.2) is 30.4 Å². The number of rotatable bonds is 4. The molecule has 1 saturated heterocycles. The van der Waals surface area contributed by atoms with Crippen molar-refractivity contribution in [3.63, 3.8) is 0 Å². The standard InChI is InChI=1S/C15H13N3O8/c1-25-15(20)13-11-3-2-4-12(11)26-16(13)14(19)8-5-9(17(21)22)7-10(6-8)18(23)24/h2,4-7,11-13H,3H2,1H3/t11-,12+,13+/m1/s1. The second-order valence-electron chi connectivity index (χ2n) is 5.75. The number of hydrogen-bond acceptors (Lipinski definition) is 8. The van der Waals surface area contributed by atoms with Crippen molar-refractivity contribution in [2.24, 2.45) is 5.92 Å². The van der Waals surface area contributed by atoms with Crippen LogP contribution in [0.25, 0.3) is 0 Å². The van der Waals surface area contributed by atoms with Crippen molar-refractivity contribution in [3.8, 4) is 0 Å². The highest BCUT2D eigenvalue weighted by atomic mass is 16.7. The summed E-state index contributed by atoms with van der Waals surface area (Å²) < 4.78 is 4.73. The summed E-state index contributed by atoms with van der Waals surface area (Å²) >= 11 is 0. The normalized spacial score (nSPS) is 23.6. The van der Waals surface area contributed by atoms with Crippen LogP contribution in [0.4, 0.5) is 11.4 Å². The lowest BCUT2D eigenvalue weighted by Crippen LogP contribution is -2.43. The van der Waals surface area contributed by atoms with Crippen LogP contribution < -0.4 is 0 Å². The van der Waals surface area contributed by atoms with Crippen molar-refractivity contribution >= 4 is 23.3 Å². The Kier molecular flexibility index (Phi) is 4.38. The number of methoxy groups -OCH3 is 1. The predicted molar refractivity (Wildman–Crippen MR) is 83.8 cm³/mol. The second kappa shape index (κ2) is 6.52. The van der Waals surface area contributed by atoms with Gasteiger partial charge in [0.1, 0.15) is 6.10 Å². The summed E-state index contributed by atoms with van der Waals surface area (Å²) in [5.74, 6) is -1.94. The molecule has 0 saturated carbocycles. The molecule has 0 spiro atoms. The van der Waals surface area contributed by atoms with Crippen LogP contribution in [0.1, 0.15) is 16.8 Å². The number of esters is 1. The van der Waals surface area contributed by atoms with Gasteiger partial charge in [0.15, 0.2) is 6.04 Å². The zero-order chi connectivity index (χ0) is 19.0. The second-order valence-corrected chi connectivity index (χ2v) is 5.75. The van der Waals surface area contributed by atoms with Gasteiger partial charge >= 0.3 is 5.97 Å². The van der Waals surface area contributed by atoms with Crippen molar-refractivity contribution in [1.29, 1.82) is 0 Å². The van der Waals surface area contributed by atoms with E-state index in [1.807, 2.05) is 6.08 Å². The highest BCUT2D eigenvalue weighted by Crippen LogP contribution is 2.37. The van der Waals surface area contributed by atoms with E-state index in [4.69, 9.17) is 9.57 Å². The molecule has 0 bridgehead atoms. The van der Waals surface area contributed by atoms with Gasteiger partial charge in [-0.05, 0) is 6.42 Å².